The van der Waals surface area contributed by atoms with Crippen molar-refractivity contribution in [2.75, 3.05) is 11.1 Å². The van der Waals surface area contributed by atoms with Gasteiger partial charge in [-0.15, -0.1) is 0 Å². The number of nitrogens with two attached hydrogens (primary N) is 1. The van der Waals surface area contributed by atoms with Gasteiger partial charge in [-0.3, -0.25) is 19.6 Å². The molecule has 0 bridgehead atoms. The zero-order valence-electron chi connectivity index (χ0n) is 11.3. The van der Waals surface area contributed by atoms with Crippen LogP contribution in [0.2, 0.25) is 0 Å². The molecule has 1 aromatic heterocycles. The highest BCUT2D eigenvalue weighted by molar-refractivity contribution is 6.07. The third-order valence-corrected chi connectivity index (χ3v) is 3.22. The molecular formula is C15H12N4O3. The topological polar surface area (TPSA) is 121 Å². The molecule has 5 N–H and O–H groups in total. The van der Waals surface area contributed by atoms with E-state index in [9.17, 15) is 14.4 Å². The van der Waals surface area contributed by atoms with Crippen molar-refractivity contribution >= 4 is 28.2 Å². The molecule has 0 aliphatic heterocycles. The summed E-state index contributed by atoms with van der Waals surface area (Å²) in [5, 5.41) is 4.31. The van der Waals surface area contributed by atoms with Crippen LogP contribution >= 0.6 is 0 Å². The Labute approximate surface area is 123 Å². The number of nitrogen functional groups attached to an aromatic ring is 1. The Hall–Kier alpha value is -3.35. The molecule has 7 heteroatoms. The molecule has 0 unspecified atom stereocenters. The molecule has 0 saturated carbocycles. The number of amides is 1. The van der Waals surface area contributed by atoms with Crippen molar-refractivity contribution in [2.45, 2.75) is 0 Å². The van der Waals surface area contributed by atoms with Crippen LogP contribution in [0.4, 0.5) is 11.5 Å². The molecule has 110 valence electrons. The summed E-state index contributed by atoms with van der Waals surface area (Å²) in [5.41, 5.74) is 4.26. The maximum atomic E-state index is 12.2. The number of aromatic nitrogens is 2. The van der Waals surface area contributed by atoms with E-state index in [-0.39, 0.29) is 11.5 Å². The van der Waals surface area contributed by atoms with Gasteiger partial charge in [0.2, 0.25) is 0 Å². The number of hydrogen-bond donors (Lipinski definition) is 4. The van der Waals surface area contributed by atoms with Gasteiger partial charge in [0.1, 0.15) is 11.5 Å². The van der Waals surface area contributed by atoms with Gasteiger partial charge in [0.15, 0.2) is 0 Å². The highest BCUT2D eigenvalue weighted by Gasteiger charge is 2.12. The van der Waals surface area contributed by atoms with Gasteiger partial charge in [-0.1, -0.05) is 30.3 Å². The molecule has 1 heterocycles. The second-order valence-corrected chi connectivity index (χ2v) is 4.71. The normalized spacial score (nSPS) is 10.5. The fourth-order valence-electron chi connectivity index (χ4n) is 2.14. The summed E-state index contributed by atoms with van der Waals surface area (Å²) in [4.78, 5) is 39.2. The molecule has 0 atom stereocenters. The van der Waals surface area contributed by atoms with Crippen molar-refractivity contribution in [3.8, 4) is 0 Å². The van der Waals surface area contributed by atoms with E-state index in [2.05, 4.69) is 10.3 Å². The first-order valence-electron chi connectivity index (χ1n) is 6.47. The number of H-pyrrole nitrogens is 2. The summed E-state index contributed by atoms with van der Waals surface area (Å²) in [6.45, 7) is 0. The number of nitrogens with one attached hydrogen (secondary N) is 3. The van der Waals surface area contributed by atoms with Crippen molar-refractivity contribution in [3.63, 3.8) is 0 Å². The lowest BCUT2D eigenvalue weighted by Crippen LogP contribution is -2.29. The van der Waals surface area contributed by atoms with Crippen LogP contribution in [0.25, 0.3) is 10.8 Å². The summed E-state index contributed by atoms with van der Waals surface area (Å²) in [6.07, 6.45) is 0. The van der Waals surface area contributed by atoms with Crippen LogP contribution in [-0.4, -0.2) is 15.9 Å². The lowest BCUT2D eigenvalue weighted by Gasteiger charge is -2.07. The van der Waals surface area contributed by atoms with Gasteiger partial charge in [0, 0.05) is 5.56 Å². The fraction of sp³-hybridized carbons (Fsp3) is 0. The minimum absolute atomic E-state index is 0.183. The highest BCUT2D eigenvalue weighted by atomic mass is 16.2. The molecular weight excluding hydrogens is 284 g/mol. The molecule has 0 saturated heterocycles. The maximum absolute atomic E-state index is 12.2. The van der Waals surface area contributed by atoms with E-state index in [4.69, 9.17) is 5.73 Å². The van der Waals surface area contributed by atoms with E-state index < -0.39 is 17.2 Å². The van der Waals surface area contributed by atoms with Gasteiger partial charge in [-0.25, -0.2) is 4.79 Å². The van der Waals surface area contributed by atoms with E-state index in [0.29, 0.717) is 5.56 Å². The van der Waals surface area contributed by atoms with Crippen molar-refractivity contribution < 1.29 is 4.79 Å². The first-order chi connectivity index (χ1) is 10.5. The Balaban J connectivity index is 1.97. The minimum atomic E-state index is -0.754. The molecule has 7 nitrogen and oxygen atoms in total. The van der Waals surface area contributed by atoms with Gasteiger partial charge in [-0.2, -0.15) is 0 Å². The molecule has 0 aliphatic carbocycles. The van der Waals surface area contributed by atoms with E-state index in [1.807, 2.05) is 35.3 Å². The molecule has 0 spiro atoms. The molecule has 1 amide bonds. The fourth-order valence-corrected chi connectivity index (χ4v) is 2.14. The predicted octanol–water partition coefficient (Wildman–Crippen LogP) is 1.05. The molecule has 3 aromatic rings. The Kier molecular flexibility index (Phi) is 3.23. The van der Waals surface area contributed by atoms with Crippen molar-refractivity contribution in [1.29, 1.82) is 0 Å². The number of carbonyl (C=O) groups is 1. The number of aromatic amines is 2. The number of rotatable bonds is 2. The SMILES string of the molecule is Nc1[nH]c(=O)[nH]c(=O)c1NC(=O)c1ccc2ccccc2c1. The number of fused-ring (bicyclic) bond motifs is 1. The number of anilines is 2. The van der Waals surface area contributed by atoms with Crippen molar-refractivity contribution in [2.24, 2.45) is 0 Å². The molecule has 3 rings (SSSR count). The Morgan fingerprint density at radius 2 is 1.73 bits per heavy atom. The lowest BCUT2D eigenvalue weighted by molar-refractivity contribution is 0.102. The summed E-state index contributed by atoms with van der Waals surface area (Å²) in [7, 11) is 0. The summed E-state index contributed by atoms with van der Waals surface area (Å²) < 4.78 is 0. The zero-order chi connectivity index (χ0) is 15.7. The zero-order valence-corrected chi connectivity index (χ0v) is 11.3. The largest absolute Gasteiger partial charge is 0.383 e. The quantitative estimate of drug-likeness (QED) is 0.564. The molecule has 0 aliphatic rings. The average Bonchev–Trinajstić information content (AvgIpc) is 2.50. The molecule has 2 aromatic carbocycles. The van der Waals surface area contributed by atoms with Gasteiger partial charge < -0.3 is 11.1 Å². The number of carbonyl (C=O) groups excluding carboxylic acids is 1. The Morgan fingerprint density at radius 1 is 1.00 bits per heavy atom. The maximum Gasteiger partial charge on any atom is 0.327 e. The van der Waals surface area contributed by atoms with E-state index in [1.54, 1.807) is 12.1 Å². The number of benzene rings is 2. The van der Waals surface area contributed by atoms with Crippen molar-refractivity contribution in [3.05, 3.63) is 68.9 Å². The molecule has 0 fully saturated rings. The van der Waals surface area contributed by atoms with Crippen molar-refractivity contribution in [1.82, 2.24) is 9.97 Å². The minimum Gasteiger partial charge on any atom is -0.383 e. The van der Waals surface area contributed by atoms with Crippen LogP contribution in [-0.2, 0) is 0 Å². The van der Waals surface area contributed by atoms with E-state index >= 15 is 0 Å². The first kappa shape index (κ1) is 13.6. The second-order valence-electron chi connectivity index (χ2n) is 4.71. The molecule has 22 heavy (non-hydrogen) atoms. The Bertz CT molecular complexity index is 988. The third-order valence-electron chi connectivity index (χ3n) is 3.22. The van der Waals surface area contributed by atoms with E-state index in [0.717, 1.165) is 10.8 Å². The Morgan fingerprint density at radius 3 is 2.45 bits per heavy atom. The second kappa shape index (κ2) is 5.21. The van der Waals surface area contributed by atoms with E-state index in [1.165, 1.54) is 0 Å². The highest BCUT2D eigenvalue weighted by Crippen LogP contribution is 2.17. The van der Waals surface area contributed by atoms with Crippen LogP contribution in [0.15, 0.2) is 52.1 Å². The monoisotopic (exact) mass is 296 g/mol. The smallest absolute Gasteiger partial charge is 0.327 e. The van der Waals surface area contributed by atoms with Crippen LogP contribution in [0.3, 0.4) is 0 Å². The van der Waals surface area contributed by atoms with Crippen LogP contribution in [0.5, 0.6) is 0 Å². The summed E-state index contributed by atoms with van der Waals surface area (Å²) >= 11 is 0. The molecule has 0 radical (unpaired) electrons. The van der Waals surface area contributed by atoms with Crippen LogP contribution in [0, 0.1) is 0 Å². The third kappa shape index (κ3) is 2.47. The van der Waals surface area contributed by atoms with Gasteiger partial charge >= 0.3 is 5.69 Å². The lowest BCUT2D eigenvalue weighted by atomic mass is 10.1. The average molecular weight is 296 g/mol. The van der Waals surface area contributed by atoms with Gasteiger partial charge in [0.05, 0.1) is 0 Å². The van der Waals surface area contributed by atoms with Crippen LogP contribution < -0.4 is 22.3 Å². The number of hydrogen-bond acceptors (Lipinski definition) is 4. The van der Waals surface area contributed by atoms with Gasteiger partial charge in [-0.05, 0) is 22.9 Å². The summed E-state index contributed by atoms with van der Waals surface area (Å²) in [6, 6.07) is 12.8. The summed E-state index contributed by atoms with van der Waals surface area (Å²) in [5.74, 6) is -0.683. The van der Waals surface area contributed by atoms with Gasteiger partial charge in [0.25, 0.3) is 11.5 Å². The first-order valence-corrected chi connectivity index (χ1v) is 6.47. The van der Waals surface area contributed by atoms with Crippen LogP contribution in [0.1, 0.15) is 10.4 Å². The standard InChI is InChI=1S/C15H12N4O3/c16-12-11(14(21)19-15(22)18-12)17-13(20)10-6-5-8-3-1-2-4-9(8)7-10/h1-7H,(H,17,20)(H4,16,18,19,21,22). The predicted molar refractivity (Wildman–Crippen MR) is 84.0 cm³/mol.